The first-order valence-corrected chi connectivity index (χ1v) is 12.9. The largest absolute Gasteiger partial charge is 0.224 e. The van der Waals surface area contributed by atoms with E-state index < -0.39 is 30.2 Å². The average molecular weight is 435 g/mol. The Morgan fingerprint density at radius 3 is 2.21 bits per heavy atom. The number of benzene rings is 2. The molecule has 3 rings (SSSR count). The second-order valence-corrected chi connectivity index (χ2v) is 11.8. The van der Waals surface area contributed by atoms with Gasteiger partial charge >= 0.3 is 0 Å². The van der Waals surface area contributed by atoms with Crippen molar-refractivity contribution in [1.29, 1.82) is 0 Å². The van der Waals surface area contributed by atoms with Crippen molar-refractivity contribution in [3.8, 4) is 0 Å². The van der Waals surface area contributed by atoms with Gasteiger partial charge in [0, 0.05) is 15.2 Å². The van der Waals surface area contributed by atoms with Crippen LogP contribution >= 0.6 is 11.8 Å². The van der Waals surface area contributed by atoms with Crippen molar-refractivity contribution in [3.05, 3.63) is 83.6 Å². The summed E-state index contributed by atoms with van der Waals surface area (Å²) in [5, 5.41) is -0.923. The molecule has 2 unspecified atom stereocenters. The third kappa shape index (κ3) is 4.42. The maximum atomic E-state index is 13.4. The second kappa shape index (κ2) is 8.68. The zero-order chi connectivity index (χ0) is 20.2. The van der Waals surface area contributed by atoms with E-state index in [0.717, 1.165) is 10.3 Å². The minimum atomic E-state index is -3.86. The molecule has 0 amide bonds. The lowest BCUT2D eigenvalue weighted by molar-refractivity contribution is 0.560. The molecule has 2 aromatic rings. The molecule has 1 aliphatic heterocycles. The second-order valence-electron chi connectivity index (χ2n) is 6.56. The standard InChI is InChI=1S/C21H22O4S3/c1-2-3-6-15-20-21(28(24,25)18-13-9-5-10-14-18)19(16-27(20,22)23)26-17-11-7-4-8-12-17/h2,4-5,7-14,16,20-21H,1,3,6,15H2. The van der Waals surface area contributed by atoms with E-state index in [1.807, 2.05) is 30.3 Å². The molecule has 0 saturated carbocycles. The maximum absolute atomic E-state index is 13.4. The number of allylic oxidation sites excluding steroid dienone is 1. The smallest absolute Gasteiger partial charge is 0.187 e. The van der Waals surface area contributed by atoms with Gasteiger partial charge in [-0.15, -0.1) is 6.58 Å². The van der Waals surface area contributed by atoms with Crippen molar-refractivity contribution in [2.45, 2.75) is 39.6 Å². The van der Waals surface area contributed by atoms with Crippen LogP contribution in [0.1, 0.15) is 19.3 Å². The van der Waals surface area contributed by atoms with Gasteiger partial charge in [0.1, 0.15) is 5.25 Å². The van der Waals surface area contributed by atoms with Crippen LogP contribution in [0.3, 0.4) is 0 Å². The molecule has 148 valence electrons. The summed E-state index contributed by atoms with van der Waals surface area (Å²) in [7, 11) is -7.53. The molecule has 0 spiro atoms. The average Bonchev–Trinajstić information content (AvgIpc) is 2.93. The summed E-state index contributed by atoms with van der Waals surface area (Å²) in [5.41, 5.74) is 0. The predicted octanol–water partition coefficient (Wildman–Crippen LogP) is 4.62. The third-order valence-electron chi connectivity index (χ3n) is 4.60. The quantitative estimate of drug-likeness (QED) is 0.448. The Hall–Kier alpha value is -1.83. The Morgan fingerprint density at radius 2 is 1.61 bits per heavy atom. The fourth-order valence-corrected chi connectivity index (χ4v) is 9.68. The highest BCUT2D eigenvalue weighted by Gasteiger charge is 2.48. The first-order chi connectivity index (χ1) is 13.4. The van der Waals surface area contributed by atoms with Crippen LogP contribution in [0, 0.1) is 0 Å². The van der Waals surface area contributed by atoms with Crippen LogP contribution in [0.4, 0.5) is 0 Å². The fourth-order valence-electron chi connectivity index (χ4n) is 3.27. The maximum Gasteiger partial charge on any atom is 0.187 e. The van der Waals surface area contributed by atoms with Crippen LogP contribution in [-0.2, 0) is 19.7 Å². The van der Waals surface area contributed by atoms with Gasteiger partial charge in [-0.05, 0) is 43.5 Å². The molecule has 1 heterocycles. The van der Waals surface area contributed by atoms with Gasteiger partial charge in [0.2, 0.25) is 0 Å². The molecule has 0 aliphatic carbocycles. The molecule has 28 heavy (non-hydrogen) atoms. The van der Waals surface area contributed by atoms with Gasteiger partial charge in [-0.2, -0.15) is 0 Å². The van der Waals surface area contributed by atoms with Crippen molar-refractivity contribution in [3.63, 3.8) is 0 Å². The molecular formula is C21H22O4S3. The topological polar surface area (TPSA) is 68.3 Å². The predicted molar refractivity (Wildman–Crippen MR) is 115 cm³/mol. The summed E-state index contributed by atoms with van der Waals surface area (Å²) >= 11 is 1.21. The van der Waals surface area contributed by atoms with E-state index in [4.69, 9.17) is 0 Å². The van der Waals surface area contributed by atoms with Gasteiger partial charge in [0.05, 0.1) is 10.1 Å². The van der Waals surface area contributed by atoms with E-state index in [9.17, 15) is 16.8 Å². The molecule has 0 bridgehead atoms. The van der Waals surface area contributed by atoms with Gasteiger partial charge in [-0.1, -0.05) is 54.2 Å². The first kappa shape index (κ1) is 20.9. The number of rotatable bonds is 8. The highest BCUT2D eigenvalue weighted by Crippen LogP contribution is 2.44. The third-order valence-corrected chi connectivity index (χ3v) is 10.3. The van der Waals surface area contributed by atoms with Crippen LogP contribution in [0.15, 0.2) is 93.4 Å². The van der Waals surface area contributed by atoms with Gasteiger partial charge in [0.25, 0.3) is 0 Å². The van der Waals surface area contributed by atoms with Crippen LogP contribution in [-0.4, -0.2) is 27.3 Å². The molecule has 0 radical (unpaired) electrons. The molecule has 2 atom stereocenters. The summed E-state index contributed by atoms with van der Waals surface area (Å²) in [6.45, 7) is 3.66. The molecule has 0 saturated heterocycles. The Bertz CT molecular complexity index is 1060. The number of hydrogen-bond donors (Lipinski definition) is 0. The highest BCUT2D eigenvalue weighted by atomic mass is 32.2. The van der Waals surface area contributed by atoms with Gasteiger partial charge in [-0.25, -0.2) is 16.8 Å². The van der Waals surface area contributed by atoms with Crippen LogP contribution in [0.25, 0.3) is 0 Å². The molecule has 1 aliphatic rings. The van der Waals surface area contributed by atoms with Crippen molar-refractivity contribution in [1.82, 2.24) is 0 Å². The molecule has 2 aromatic carbocycles. The monoisotopic (exact) mass is 434 g/mol. The van der Waals surface area contributed by atoms with E-state index in [-0.39, 0.29) is 11.3 Å². The first-order valence-electron chi connectivity index (χ1n) is 8.94. The van der Waals surface area contributed by atoms with E-state index in [2.05, 4.69) is 6.58 Å². The zero-order valence-electron chi connectivity index (χ0n) is 15.3. The van der Waals surface area contributed by atoms with Gasteiger partial charge in [-0.3, -0.25) is 0 Å². The number of thioether (sulfide) groups is 1. The Kier molecular flexibility index (Phi) is 6.47. The fraction of sp³-hybridized carbons (Fsp3) is 0.238. The minimum Gasteiger partial charge on any atom is -0.224 e. The summed E-state index contributed by atoms with van der Waals surface area (Å²) in [6.07, 6.45) is 3.21. The van der Waals surface area contributed by atoms with Crippen molar-refractivity contribution >= 4 is 31.4 Å². The lowest BCUT2D eigenvalue weighted by Gasteiger charge is -2.22. The summed E-state index contributed by atoms with van der Waals surface area (Å²) in [5.74, 6) is 0. The summed E-state index contributed by atoms with van der Waals surface area (Å²) in [6, 6.07) is 17.3. The van der Waals surface area contributed by atoms with E-state index >= 15 is 0 Å². The Morgan fingerprint density at radius 1 is 1.00 bits per heavy atom. The van der Waals surface area contributed by atoms with Crippen LogP contribution in [0.5, 0.6) is 0 Å². The number of unbranched alkanes of at least 4 members (excludes halogenated alkanes) is 1. The molecule has 0 N–H and O–H groups in total. The molecule has 7 heteroatoms. The van der Waals surface area contributed by atoms with Gasteiger partial charge < -0.3 is 0 Å². The highest BCUT2D eigenvalue weighted by molar-refractivity contribution is 8.07. The SMILES string of the molecule is C=CCCCC1C(S(=O)(=O)c2ccccc2)C(Sc2ccccc2)=CS1(=O)=O. The number of hydrogen-bond acceptors (Lipinski definition) is 5. The molecule has 0 aromatic heterocycles. The normalized spacial score (nSPS) is 21.2. The van der Waals surface area contributed by atoms with Crippen molar-refractivity contribution < 1.29 is 16.8 Å². The lowest BCUT2D eigenvalue weighted by atomic mass is 10.1. The van der Waals surface area contributed by atoms with E-state index in [1.165, 1.54) is 23.9 Å². The Labute approximate surface area is 171 Å². The molecule has 0 fully saturated rings. The van der Waals surface area contributed by atoms with Crippen molar-refractivity contribution in [2.75, 3.05) is 0 Å². The van der Waals surface area contributed by atoms with Crippen LogP contribution in [0.2, 0.25) is 0 Å². The Balaban J connectivity index is 2.05. The molecule has 4 nitrogen and oxygen atoms in total. The van der Waals surface area contributed by atoms with Crippen molar-refractivity contribution in [2.24, 2.45) is 0 Å². The summed E-state index contributed by atoms with van der Waals surface area (Å²) in [4.78, 5) is 1.31. The van der Waals surface area contributed by atoms with E-state index in [0.29, 0.717) is 17.7 Å². The number of sulfone groups is 2. The summed E-state index contributed by atoms with van der Waals surface area (Å²) < 4.78 is 52.6. The minimum absolute atomic E-state index is 0.144. The van der Waals surface area contributed by atoms with Gasteiger partial charge in [0.15, 0.2) is 19.7 Å². The van der Waals surface area contributed by atoms with Crippen LogP contribution < -0.4 is 0 Å². The lowest BCUT2D eigenvalue weighted by Crippen LogP contribution is -2.35. The van der Waals surface area contributed by atoms with E-state index in [1.54, 1.807) is 24.3 Å². The zero-order valence-corrected chi connectivity index (χ0v) is 17.7. The molecular weight excluding hydrogens is 412 g/mol.